The van der Waals surface area contributed by atoms with Gasteiger partial charge in [-0.15, -0.1) is 0 Å². The number of para-hydroxylation sites is 1. The Kier molecular flexibility index (Phi) is 7.08. The van der Waals surface area contributed by atoms with E-state index >= 15 is 0 Å². The molecule has 4 rings (SSSR count). The number of piperazine rings is 1. The van der Waals surface area contributed by atoms with Crippen LogP contribution in [0.4, 0.5) is 17.1 Å². The standard InChI is InChI=1S/C25H37N5O2/c1-25(31,30-13-11-21(12-14-30)26-20-7-5-4-6-8-20)27-22-9-10-24(32-3)23(19-22)29-17-15-28(2)16-18-29/h4-10,19,21,26-27,31H,11-18H2,1-3H3. The molecular formula is C25H37N5O2. The van der Waals surface area contributed by atoms with Crippen LogP contribution < -0.4 is 20.3 Å². The molecule has 2 heterocycles. The highest BCUT2D eigenvalue weighted by Gasteiger charge is 2.33. The van der Waals surface area contributed by atoms with Crippen molar-refractivity contribution in [1.29, 1.82) is 0 Å². The maximum Gasteiger partial charge on any atom is 0.192 e. The summed E-state index contributed by atoms with van der Waals surface area (Å²) in [7, 11) is 3.87. The molecule has 7 heteroatoms. The molecule has 2 aliphatic rings. The number of hydrogen-bond acceptors (Lipinski definition) is 7. The van der Waals surface area contributed by atoms with E-state index in [2.05, 4.69) is 62.7 Å². The molecule has 0 radical (unpaired) electrons. The smallest absolute Gasteiger partial charge is 0.192 e. The predicted octanol–water partition coefficient (Wildman–Crippen LogP) is 3.10. The van der Waals surface area contributed by atoms with Crippen LogP contribution in [-0.4, -0.2) is 80.2 Å². The highest BCUT2D eigenvalue weighted by molar-refractivity contribution is 5.67. The number of aliphatic hydroxyl groups is 1. The van der Waals surface area contributed by atoms with Gasteiger partial charge in [-0.1, -0.05) is 18.2 Å². The molecule has 0 aromatic heterocycles. The van der Waals surface area contributed by atoms with Gasteiger partial charge in [0.05, 0.1) is 12.8 Å². The van der Waals surface area contributed by atoms with Gasteiger partial charge in [0.2, 0.25) is 0 Å². The van der Waals surface area contributed by atoms with Gasteiger partial charge in [0.25, 0.3) is 0 Å². The third-order valence-corrected chi connectivity index (χ3v) is 6.66. The van der Waals surface area contributed by atoms with Crippen molar-refractivity contribution in [2.45, 2.75) is 31.7 Å². The maximum atomic E-state index is 11.3. The van der Waals surface area contributed by atoms with Gasteiger partial charge in [-0.3, -0.25) is 4.90 Å². The first kappa shape index (κ1) is 22.7. The number of likely N-dealkylation sites (tertiary alicyclic amines) is 1. The lowest BCUT2D eigenvalue weighted by atomic mass is 10.0. The summed E-state index contributed by atoms with van der Waals surface area (Å²) in [4.78, 5) is 6.82. The Hall–Kier alpha value is -2.48. The number of benzene rings is 2. The average molecular weight is 440 g/mol. The maximum absolute atomic E-state index is 11.3. The van der Waals surface area contributed by atoms with Gasteiger partial charge < -0.3 is 30.3 Å². The zero-order chi connectivity index (χ0) is 22.6. The van der Waals surface area contributed by atoms with E-state index in [4.69, 9.17) is 4.74 Å². The Bertz CT molecular complexity index is 860. The molecule has 0 aliphatic carbocycles. The first-order valence-corrected chi connectivity index (χ1v) is 11.6. The molecule has 3 N–H and O–H groups in total. The molecule has 7 nitrogen and oxygen atoms in total. The number of nitrogens with one attached hydrogen (secondary N) is 2. The topological polar surface area (TPSA) is 63.2 Å². The average Bonchev–Trinajstić information content (AvgIpc) is 2.80. The van der Waals surface area contributed by atoms with E-state index in [9.17, 15) is 5.11 Å². The van der Waals surface area contributed by atoms with E-state index in [1.165, 1.54) is 0 Å². The summed E-state index contributed by atoms with van der Waals surface area (Å²) in [5, 5.41) is 18.2. The van der Waals surface area contributed by atoms with Crippen LogP contribution >= 0.6 is 0 Å². The zero-order valence-electron chi connectivity index (χ0n) is 19.6. The summed E-state index contributed by atoms with van der Waals surface area (Å²) in [6.07, 6.45) is 1.98. The van der Waals surface area contributed by atoms with E-state index in [0.717, 1.165) is 74.9 Å². The quantitative estimate of drug-likeness (QED) is 0.573. The lowest BCUT2D eigenvalue weighted by molar-refractivity contribution is -0.0792. The number of hydrogen-bond donors (Lipinski definition) is 3. The molecule has 0 bridgehead atoms. The van der Waals surface area contributed by atoms with Gasteiger partial charge in [-0.25, -0.2) is 0 Å². The molecule has 0 spiro atoms. The molecule has 2 aliphatic heterocycles. The molecule has 0 saturated carbocycles. The van der Waals surface area contributed by atoms with Crippen molar-refractivity contribution in [2.75, 3.05) is 69.0 Å². The zero-order valence-corrected chi connectivity index (χ0v) is 19.6. The predicted molar refractivity (Wildman–Crippen MR) is 132 cm³/mol. The molecule has 1 atom stereocenters. The van der Waals surface area contributed by atoms with Gasteiger partial charge in [-0.2, -0.15) is 0 Å². The Morgan fingerprint density at radius 3 is 2.28 bits per heavy atom. The second-order valence-corrected chi connectivity index (χ2v) is 9.09. The van der Waals surface area contributed by atoms with Gasteiger partial charge >= 0.3 is 0 Å². The Morgan fingerprint density at radius 1 is 0.938 bits per heavy atom. The highest BCUT2D eigenvalue weighted by atomic mass is 16.5. The minimum absolute atomic E-state index is 0.425. The largest absolute Gasteiger partial charge is 0.495 e. The minimum atomic E-state index is -1.12. The van der Waals surface area contributed by atoms with Crippen molar-refractivity contribution in [2.24, 2.45) is 0 Å². The van der Waals surface area contributed by atoms with Crippen LogP contribution in [0.5, 0.6) is 5.75 Å². The number of likely N-dealkylation sites (N-methyl/N-ethyl adjacent to an activating group) is 1. The van der Waals surface area contributed by atoms with Crippen LogP contribution in [-0.2, 0) is 0 Å². The normalized spacial score (nSPS) is 20.6. The Balaban J connectivity index is 1.38. The molecule has 2 aromatic carbocycles. The summed E-state index contributed by atoms with van der Waals surface area (Å²) in [5.41, 5.74) is 3.13. The van der Waals surface area contributed by atoms with Crippen LogP contribution in [0.3, 0.4) is 0 Å². The third-order valence-electron chi connectivity index (χ3n) is 6.66. The van der Waals surface area contributed by atoms with Crippen molar-refractivity contribution < 1.29 is 9.84 Å². The Labute approximate surface area is 192 Å². The number of anilines is 3. The van der Waals surface area contributed by atoms with Crippen molar-refractivity contribution in [3.8, 4) is 5.75 Å². The molecule has 2 fully saturated rings. The molecular weight excluding hydrogens is 402 g/mol. The fourth-order valence-electron chi connectivity index (χ4n) is 4.64. The number of nitrogens with zero attached hydrogens (tertiary/aromatic N) is 3. The van der Waals surface area contributed by atoms with Gasteiger partial charge in [-0.05, 0) is 57.1 Å². The fourth-order valence-corrected chi connectivity index (χ4v) is 4.64. The third kappa shape index (κ3) is 5.46. The first-order valence-electron chi connectivity index (χ1n) is 11.6. The molecule has 1 unspecified atom stereocenters. The van der Waals surface area contributed by atoms with Crippen LogP contribution in [0.1, 0.15) is 19.8 Å². The van der Waals surface area contributed by atoms with E-state index in [1.54, 1.807) is 7.11 Å². The number of piperidine rings is 1. The van der Waals surface area contributed by atoms with Crippen LogP contribution in [0.2, 0.25) is 0 Å². The van der Waals surface area contributed by atoms with Gasteiger partial charge in [0.15, 0.2) is 5.85 Å². The summed E-state index contributed by atoms with van der Waals surface area (Å²) in [6.45, 7) is 7.49. The van der Waals surface area contributed by atoms with E-state index in [-0.39, 0.29) is 0 Å². The monoisotopic (exact) mass is 439 g/mol. The number of methoxy groups -OCH3 is 1. The number of ether oxygens (including phenoxy) is 1. The van der Waals surface area contributed by atoms with Crippen molar-refractivity contribution in [3.63, 3.8) is 0 Å². The van der Waals surface area contributed by atoms with E-state index in [1.807, 2.05) is 25.1 Å². The first-order chi connectivity index (χ1) is 15.4. The summed E-state index contributed by atoms with van der Waals surface area (Å²) >= 11 is 0. The second kappa shape index (κ2) is 9.98. The fraction of sp³-hybridized carbons (Fsp3) is 0.520. The van der Waals surface area contributed by atoms with Crippen LogP contribution in [0, 0.1) is 0 Å². The molecule has 0 amide bonds. The number of rotatable bonds is 7. The second-order valence-electron chi connectivity index (χ2n) is 9.09. The molecule has 174 valence electrons. The van der Waals surface area contributed by atoms with Crippen LogP contribution in [0.25, 0.3) is 0 Å². The molecule has 32 heavy (non-hydrogen) atoms. The molecule has 2 saturated heterocycles. The van der Waals surface area contributed by atoms with E-state index in [0.29, 0.717) is 6.04 Å². The highest BCUT2D eigenvalue weighted by Crippen LogP contribution is 2.33. The lowest BCUT2D eigenvalue weighted by Gasteiger charge is -2.42. The van der Waals surface area contributed by atoms with Crippen molar-refractivity contribution in [3.05, 3.63) is 48.5 Å². The van der Waals surface area contributed by atoms with Gasteiger partial charge in [0.1, 0.15) is 5.75 Å². The van der Waals surface area contributed by atoms with Crippen LogP contribution in [0.15, 0.2) is 48.5 Å². The summed E-state index contributed by atoms with van der Waals surface area (Å²) < 4.78 is 5.62. The molecule has 2 aromatic rings. The lowest BCUT2D eigenvalue weighted by Crippen LogP contribution is -2.56. The van der Waals surface area contributed by atoms with Crippen molar-refractivity contribution >= 4 is 17.1 Å². The van der Waals surface area contributed by atoms with Crippen molar-refractivity contribution in [1.82, 2.24) is 9.80 Å². The Morgan fingerprint density at radius 2 is 1.62 bits per heavy atom. The minimum Gasteiger partial charge on any atom is -0.495 e. The van der Waals surface area contributed by atoms with Gasteiger partial charge in [0, 0.05) is 56.7 Å². The van der Waals surface area contributed by atoms with E-state index < -0.39 is 5.85 Å². The summed E-state index contributed by atoms with van der Waals surface area (Å²) in [6, 6.07) is 16.8. The SMILES string of the molecule is COc1ccc(NC(C)(O)N2CCC(Nc3ccccc3)CC2)cc1N1CCN(C)CC1. The summed E-state index contributed by atoms with van der Waals surface area (Å²) in [5.74, 6) is -0.251.